The molecule has 0 fully saturated rings. The van der Waals surface area contributed by atoms with E-state index in [1.54, 1.807) is 0 Å². The first-order valence-electron chi connectivity index (χ1n) is 7.84. The molecule has 0 bridgehead atoms. The molecule has 0 saturated heterocycles. The summed E-state index contributed by atoms with van der Waals surface area (Å²) in [5.41, 5.74) is 2.19. The van der Waals surface area contributed by atoms with E-state index in [0.717, 1.165) is 49.7 Å². The van der Waals surface area contributed by atoms with E-state index in [1.807, 2.05) is 12.4 Å². The highest BCUT2D eigenvalue weighted by Gasteiger charge is 2.04. The van der Waals surface area contributed by atoms with Gasteiger partial charge in [-0.1, -0.05) is 26.8 Å². The topological polar surface area (TPSA) is 42.7 Å². The summed E-state index contributed by atoms with van der Waals surface area (Å²) >= 11 is 0. The normalized spacial score (nSPS) is 11.2. The molecule has 0 aliphatic carbocycles. The van der Waals surface area contributed by atoms with Crippen LogP contribution in [0.1, 0.15) is 44.4 Å². The van der Waals surface area contributed by atoms with Crippen molar-refractivity contribution in [3.63, 3.8) is 0 Å². The van der Waals surface area contributed by atoms with Crippen molar-refractivity contribution < 1.29 is 0 Å². The predicted octanol–water partition coefficient (Wildman–Crippen LogP) is 3.02. The number of hydrogen-bond acceptors (Lipinski definition) is 3. The second kappa shape index (κ2) is 7.93. The zero-order chi connectivity index (χ0) is 15.1. The van der Waals surface area contributed by atoms with Crippen molar-refractivity contribution >= 4 is 0 Å². The molecule has 1 N–H and O–H groups in total. The van der Waals surface area contributed by atoms with Crippen LogP contribution in [0.4, 0.5) is 0 Å². The van der Waals surface area contributed by atoms with Gasteiger partial charge in [-0.05, 0) is 31.0 Å². The van der Waals surface area contributed by atoms with Gasteiger partial charge >= 0.3 is 0 Å². The minimum atomic E-state index is 0.663. The Labute approximate surface area is 127 Å². The van der Waals surface area contributed by atoms with E-state index in [9.17, 15) is 0 Å². The molecule has 0 aliphatic rings. The molecule has 0 atom stereocenters. The van der Waals surface area contributed by atoms with E-state index in [0.29, 0.717) is 5.92 Å². The van der Waals surface area contributed by atoms with Gasteiger partial charge in [0.25, 0.3) is 0 Å². The molecule has 0 radical (unpaired) electrons. The lowest BCUT2D eigenvalue weighted by molar-refractivity contribution is 0.547. The first-order valence-corrected chi connectivity index (χ1v) is 7.84. The van der Waals surface area contributed by atoms with Gasteiger partial charge in [0.05, 0.1) is 17.9 Å². The van der Waals surface area contributed by atoms with Crippen molar-refractivity contribution in [3.05, 3.63) is 47.8 Å². The highest BCUT2D eigenvalue weighted by Crippen LogP contribution is 2.07. The number of pyridine rings is 1. The monoisotopic (exact) mass is 286 g/mol. The van der Waals surface area contributed by atoms with E-state index in [2.05, 4.69) is 53.8 Å². The van der Waals surface area contributed by atoms with Gasteiger partial charge < -0.3 is 9.88 Å². The minimum absolute atomic E-state index is 0.663. The molecule has 2 rings (SSSR count). The third-order valence-electron chi connectivity index (χ3n) is 3.33. The van der Waals surface area contributed by atoms with Crippen LogP contribution in [-0.2, 0) is 19.5 Å². The molecular formula is C17H26N4. The Morgan fingerprint density at radius 3 is 2.81 bits per heavy atom. The fourth-order valence-corrected chi connectivity index (χ4v) is 2.31. The van der Waals surface area contributed by atoms with Crippen LogP contribution in [0.2, 0.25) is 0 Å². The number of hydrogen-bond donors (Lipinski definition) is 1. The third kappa shape index (κ3) is 4.97. The summed E-state index contributed by atoms with van der Waals surface area (Å²) in [6, 6.07) is 6.25. The molecular weight excluding hydrogens is 260 g/mol. The van der Waals surface area contributed by atoms with E-state index >= 15 is 0 Å². The Balaban J connectivity index is 1.98. The van der Waals surface area contributed by atoms with Gasteiger partial charge in [-0.25, -0.2) is 4.98 Å². The molecule has 2 heterocycles. The average molecular weight is 286 g/mol. The van der Waals surface area contributed by atoms with Gasteiger partial charge in [-0.2, -0.15) is 0 Å². The second-order valence-electron chi connectivity index (χ2n) is 5.87. The molecule has 21 heavy (non-hydrogen) atoms. The lowest BCUT2D eigenvalue weighted by atomic mass is 10.2. The van der Waals surface area contributed by atoms with Gasteiger partial charge in [0.1, 0.15) is 5.82 Å². The van der Waals surface area contributed by atoms with Crippen LogP contribution in [0.15, 0.2) is 30.6 Å². The van der Waals surface area contributed by atoms with Gasteiger partial charge in [-0.15, -0.1) is 0 Å². The Bertz CT molecular complexity index is 545. The van der Waals surface area contributed by atoms with Crippen molar-refractivity contribution in [3.8, 4) is 0 Å². The average Bonchev–Trinajstić information content (AvgIpc) is 2.87. The molecule has 0 unspecified atom stereocenters. The lowest BCUT2D eigenvalue weighted by Crippen LogP contribution is -2.20. The summed E-state index contributed by atoms with van der Waals surface area (Å²) in [5, 5.41) is 3.44. The molecule has 0 amide bonds. The molecule has 0 aliphatic heterocycles. The Kier molecular flexibility index (Phi) is 5.93. The van der Waals surface area contributed by atoms with Crippen LogP contribution in [-0.4, -0.2) is 21.1 Å². The van der Waals surface area contributed by atoms with E-state index < -0.39 is 0 Å². The molecule has 2 aromatic heterocycles. The largest absolute Gasteiger partial charge is 0.329 e. The summed E-state index contributed by atoms with van der Waals surface area (Å²) in [4.78, 5) is 9.15. The first kappa shape index (κ1) is 15.7. The first-order chi connectivity index (χ1) is 10.2. The lowest BCUT2D eigenvalue weighted by Gasteiger charge is -2.10. The van der Waals surface area contributed by atoms with Crippen molar-refractivity contribution in [2.75, 3.05) is 6.54 Å². The van der Waals surface area contributed by atoms with E-state index in [-0.39, 0.29) is 0 Å². The van der Waals surface area contributed by atoms with Gasteiger partial charge in [-0.3, -0.25) is 4.98 Å². The summed E-state index contributed by atoms with van der Waals surface area (Å²) in [7, 11) is 0. The van der Waals surface area contributed by atoms with Crippen LogP contribution < -0.4 is 5.32 Å². The van der Waals surface area contributed by atoms with Crippen LogP contribution in [0, 0.1) is 5.92 Å². The minimum Gasteiger partial charge on any atom is -0.329 e. The van der Waals surface area contributed by atoms with Crippen molar-refractivity contribution in [2.45, 2.75) is 46.7 Å². The maximum absolute atomic E-state index is 4.73. The summed E-state index contributed by atoms with van der Waals surface area (Å²) in [5.74, 6) is 1.80. The molecule has 0 aromatic carbocycles. The third-order valence-corrected chi connectivity index (χ3v) is 3.33. The highest BCUT2D eigenvalue weighted by molar-refractivity contribution is 5.12. The predicted molar refractivity (Wildman–Crippen MR) is 86.1 cm³/mol. The van der Waals surface area contributed by atoms with Gasteiger partial charge in [0, 0.05) is 25.4 Å². The standard InChI is InChI=1S/C17H26N4/c1-4-6-17-19-9-10-21(17)13-16-8-5-7-15(20-16)12-18-11-14(2)3/h5,7-10,14,18H,4,6,11-13H2,1-3H3. The smallest absolute Gasteiger partial charge is 0.108 e. The van der Waals surface area contributed by atoms with Crippen LogP contribution in [0.5, 0.6) is 0 Å². The Morgan fingerprint density at radius 1 is 1.24 bits per heavy atom. The number of nitrogens with one attached hydrogen (secondary N) is 1. The number of rotatable bonds is 8. The highest BCUT2D eigenvalue weighted by atomic mass is 15.1. The molecule has 2 aromatic rings. The zero-order valence-electron chi connectivity index (χ0n) is 13.3. The quantitative estimate of drug-likeness (QED) is 0.811. The number of imidazole rings is 1. The van der Waals surface area contributed by atoms with Crippen LogP contribution >= 0.6 is 0 Å². The summed E-state index contributed by atoms with van der Waals surface area (Å²) < 4.78 is 2.19. The summed E-state index contributed by atoms with van der Waals surface area (Å²) in [6.07, 6.45) is 6.04. The zero-order valence-corrected chi connectivity index (χ0v) is 13.3. The molecule has 114 valence electrons. The molecule has 0 spiro atoms. The fraction of sp³-hybridized carbons (Fsp3) is 0.529. The fourth-order valence-electron chi connectivity index (χ4n) is 2.31. The number of aryl methyl sites for hydroxylation is 1. The van der Waals surface area contributed by atoms with Crippen molar-refractivity contribution in [2.24, 2.45) is 5.92 Å². The van der Waals surface area contributed by atoms with Crippen LogP contribution in [0.3, 0.4) is 0 Å². The Morgan fingerprint density at radius 2 is 2.05 bits per heavy atom. The SMILES string of the molecule is CCCc1nccn1Cc1cccc(CNCC(C)C)n1. The van der Waals surface area contributed by atoms with Gasteiger partial charge in [0.15, 0.2) is 0 Å². The maximum atomic E-state index is 4.73. The van der Waals surface area contributed by atoms with Crippen LogP contribution in [0.25, 0.3) is 0 Å². The number of nitrogens with zero attached hydrogens (tertiary/aromatic N) is 3. The van der Waals surface area contributed by atoms with Crippen molar-refractivity contribution in [1.29, 1.82) is 0 Å². The molecule has 4 heteroatoms. The van der Waals surface area contributed by atoms with E-state index in [1.165, 1.54) is 0 Å². The van der Waals surface area contributed by atoms with Gasteiger partial charge in [0.2, 0.25) is 0 Å². The number of aromatic nitrogens is 3. The second-order valence-corrected chi connectivity index (χ2v) is 5.87. The summed E-state index contributed by atoms with van der Waals surface area (Å²) in [6.45, 7) is 9.26. The van der Waals surface area contributed by atoms with Crippen molar-refractivity contribution in [1.82, 2.24) is 19.9 Å². The van der Waals surface area contributed by atoms with E-state index in [4.69, 9.17) is 4.98 Å². The molecule has 0 saturated carbocycles. The maximum Gasteiger partial charge on any atom is 0.108 e. The Hall–Kier alpha value is -1.68. The molecule has 4 nitrogen and oxygen atoms in total.